The van der Waals surface area contributed by atoms with E-state index in [1.54, 1.807) is 36.4 Å². The Morgan fingerprint density at radius 3 is 1.67 bits per heavy atom. The number of esters is 2. The molecule has 0 saturated heterocycles. The van der Waals surface area contributed by atoms with Crippen LogP contribution in [0.5, 0.6) is 0 Å². The van der Waals surface area contributed by atoms with E-state index >= 15 is 0 Å². The lowest BCUT2D eigenvalue weighted by atomic mass is 10.1. The van der Waals surface area contributed by atoms with Gasteiger partial charge in [0.1, 0.15) is 24.8 Å². The summed E-state index contributed by atoms with van der Waals surface area (Å²) in [4.78, 5) is 26.0. The maximum atomic E-state index is 14.3. The Bertz CT molecular complexity index is 1500. The van der Waals surface area contributed by atoms with Crippen LogP contribution in [0.3, 0.4) is 0 Å². The van der Waals surface area contributed by atoms with Gasteiger partial charge in [0.05, 0.1) is 18.7 Å². The van der Waals surface area contributed by atoms with E-state index in [1.807, 2.05) is 54.6 Å². The molecule has 4 aromatic rings. The number of ether oxygens (including phenoxy) is 2. The Kier molecular flexibility index (Phi) is 11.8. The van der Waals surface area contributed by atoms with Crippen LogP contribution in [0.25, 0.3) is 0 Å². The summed E-state index contributed by atoms with van der Waals surface area (Å²) < 4.78 is 59.2. The van der Waals surface area contributed by atoms with E-state index in [4.69, 9.17) is 14.0 Å². The van der Waals surface area contributed by atoms with E-state index in [1.165, 1.54) is 0 Å². The van der Waals surface area contributed by atoms with Crippen molar-refractivity contribution in [2.75, 3.05) is 6.16 Å². The molecule has 0 fully saturated rings. The zero-order chi connectivity index (χ0) is 30.5. The minimum atomic E-state index is -3.76. The van der Waals surface area contributed by atoms with Crippen molar-refractivity contribution in [2.24, 2.45) is 5.92 Å². The van der Waals surface area contributed by atoms with Crippen LogP contribution >= 0.6 is 7.37 Å². The summed E-state index contributed by atoms with van der Waals surface area (Å²) in [7, 11) is -3.76. The van der Waals surface area contributed by atoms with Crippen molar-refractivity contribution in [1.82, 2.24) is 0 Å². The lowest BCUT2D eigenvalue weighted by Gasteiger charge is -2.24. The van der Waals surface area contributed by atoms with E-state index in [-0.39, 0.29) is 50.5 Å². The van der Waals surface area contributed by atoms with E-state index in [2.05, 4.69) is 0 Å². The largest absolute Gasteiger partial charge is 0.461 e. The Morgan fingerprint density at radius 1 is 0.651 bits per heavy atom. The van der Waals surface area contributed by atoms with Crippen LogP contribution in [0, 0.1) is 17.6 Å². The number of halogens is 2. The smallest absolute Gasteiger partial charge is 0.309 e. The molecule has 0 N–H and O–H groups in total. The molecule has 2 atom stereocenters. The summed E-state index contributed by atoms with van der Waals surface area (Å²) in [6.07, 6.45) is -0.754. The zero-order valence-electron chi connectivity index (χ0n) is 23.6. The molecule has 0 aromatic heterocycles. The second-order valence-corrected chi connectivity index (χ2v) is 12.7. The van der Waals surface area contributed by atoms with Crippen molar-refractivity contribution in [1.29, 1.82) is 0 Å². The van der Waals surface area contributed by atoms with Crippen molar-refractivity contribution < 1.29 is 36.9 Å². The van der Waals surface area contributed by atoms with Gasteiger partial charge in [0.15, 0.2) is 0 Å². The lowest BCUT2D eigenvalue weighted by molar-refractivity contribution is -0.150. The average Bonchev–Trinajstić information content (AvgIpc) is 3.01. The van der Waals surface area contributed by atoms with E-state index in [0.717, 1.165) is 34.9 Å². The Hall–Kier alpha value is -4.13. The Balaban J connectivity index is 1.51. The second-order valence-electron chi connectivity index (χ2n) is 10.2. The molecule has 0 aliphatic rings. The highest BCUT2D eigenvalue weighted by atomic mass is 31.2. The van der Waals surface area contributed by atoms with Crippen molar-refractivity contribution >= 4 is 19.3 Å². The second kappa shape index (κ2) is 15.9. The number of carbonyl (C=O) groups is 2. The Labute approximate surface area is 250 Å². The SMILES string of the molecule is O=C(CCC(CP(=O)(Cc1cc(F)cc(F)c1)OCc1ccccc1)C(=O)OCc1ccccc1)OCc1ccccc1. The molecule has 0 heterocycles. The summed E-state index contributed by atoms with van der Waals surface area (Å²) in [6, 6.07) is 30.2. The molecule has 224 valence electrons. The lowest BCUT2D eigenvalue weighted by Crippen LogP contribution is -2.24. The van der Waals surface area contributed by atoms with Gasteiger partial charge in [-0.15, -0.1) is 0 Å². The van der Waals surface area contributed by atoms with Gasteiger partial charge in [-0.2, -0.15) is 0 Å². The van der Waals surface area contributed by atoms with Crippen molar-refractivity contribution in [3.63, 3.8) is 0 Å². The maximum Gasteiger partial charge on any atom is 0.309 e. The highest BCUT2D eigenvalue weighted by Gasteiger charge is 2.34. The summed E-state index contributed by atoms with van der Waals surface area (Å²) >= 11 is 0. The van der Waals surface area contributed by atoms with E-state index in [9.17, 15) is 22.9 Å². The van der Waals surface area contributed by atoms with Gasteiger partial charge in [-0.3, -0.25) is 14.2 Å². The molecule has 9 heteroatoms. The quantitative estimate of drug-likeness (QED) is 0.101. The summed E-state index contributed by atoms with van der Waals surface area (Å²) in [5, 5.41) is 0. The molecule has 0 aliphatic carbocycles. The highest BCUT2D eigenvalue weighted by molar-refractivity contribution is 7.58. The third-order valence-electron chi connectivity index (χ3n) is 6.65. The number of carbonyl (C=O) groups excluding carboxylic acids is 2. The van der Waals surface area contributed by atoms with Crippen LogP contribution < -0.4 is 0 Å². The number of rotatable bonds is 15. The molecular weight excluding hydrogens is 573 g/mol. The first-order valence-corrected chi connectivity index (χ1v) is 15.9. The van der Waals surface area contributed by atoms with Crippen LogP contribution in [0.1, 0.15) is 35.1 Å². The van der Waals surface area contributed by atoms with Gasteiger partial charge in [-0.05, 0) is 40.8 Å². The molecule has 0 spiro atoms. The Morgan fingerprint density at radius 2 is 1.14 bits per heavy atom. The van der Waals surface area contributed by atoms with Gasteiger partial charge >= 0.3 is 11.9 Å². The first kappa shape index (κ1) is 31.8. The molecule has 0 bridgehead atoms. The predicted molar refractivity (Wildman–Crippen MR) is 159 cm³/mol. The summed E-state index contributed by atoms with van der Waals surface area (Å²) in [6.45, 7) is 0.0202. The van der Waals surface area contributed by atoms with Gasteiger partial charge < -0.3 is 14.0 Å². The molecule has 0 aliphatic heterocycles. The molecule has 2 unspecified atom stereocenters. The molecular formula is C34H33F2O6P. The minimum absolute atomic E-state index is 0.0150. The highest BCUT2D eigenvalue weighted by Crippen LogP contribution is 2.53. The predicted octanol–water partition coefficient (Wildman–Crippen LogP) is 7.84. The normalized spacial score (nSPS) is 13.1. The standard InChI is InChI=1S/C34H33F2O6P/c35-31-18-29(19-32(36)20-31)24-43(39,42-23-28-14-8-3-9-15-28)25-30(34(38)41-22-27-12-6-2-7-13-27)16-17-33(37)40-21-26-10-4-1-5-11-26/h1-15,18-20,30H,16-17,21-25H2. The average molecular weight is 607 g/mol. The van der Waals surface area contributed by atoms with Gasteiger partial charge in [-0.25, -0.2) is 8.78 Å². The minimum Gasteiger partial charge on any atom is -0.461 e. The molecule has 4 rings (SSSR count). The van der Waals surface area contributed by atoms with Gasteiger partial charge in [0, 0.05) is 18.6 Å². The molecule has 6 nitrogen and oxygen atoms in total. The first-order valence-electron chi connectivity index (χ1n) is 13.9. The number of hydrogen-bond acceptors (Lipinski definition) is 6. The summed E-state index contributed by atoms with van der Waals surface area (Å²) in [5.74, 6) is -3.83. The molecule has 4 aromatic carbocycles. The zero-order valence-corrected chi connectivity index (χ0v) is 24.5. The van der Waals surface area contributed by atoms with Crippen LogP contribution in [0.4, 0.5) is 8.78 Å². The van der Waals surface area contributed by atoms with E-state index < -0.39 is 36.9 Å². The molecule has 0 saturated carbocycles. The van der Waals surface area contributed by atoms with E-state index in [0.29, 0.717) is 0 Å². The third-order valence-corrected chi connectivity index (χ3v) is 9.09. The van der Waals surface area contributed by atoms with Gasteiger partial charge in [-0.1, -0.05) is 91.0 Å². The van der Waals surface area contributed by atoms with Crippen LogP contribution in [0.2, 0.25) is 0 Å². The molecule has 0 amide bonds. The maximum absolute atomic E-state index is 14.3. The summed E-state index contributed by atoms with van der Waals surface area (Å²) in [5.41, 5.74) is 2.44. The van der Waals surface area contributed by atoms with Crippen LogP contribution in [-0.2, 0) is 54.1 Å². The molecule has 43 heavy (non-hydrogen) atoms. The number of hydrogen-bond donors (Lipinski definition) is 0. The van der Waals surface area contributed by atoms with Gasteiger partial charge in [0.25, 0.3) is 0 Å². The van der Waals surface area contributed by atoms with Crippen LogP contribution in [-0.4, -0.2) is 18.1 Å². The monoisotopic (exact) mass is 606 g/mol. The van der Waals surface area contributed by atoms with Crippen LogP contribution in [0.15, 0.2) is 109 Å². The van der Waals surface area contributed by atoms with Gasteiger partial charge in [0.2, 0.25) is 7.37 Å². The van der Waals surface area contributed by atoms with Crippen molar-refractivity contribution in [3.8, 4) is 0 Å². The fraction of sp³-hybridized carbons (Fsp3) is 0.235. The topological polar surface area (TPSA) is 78.9 Å². The molecule has 0 radical (unpaired) electrons. The van der Waals surface area contributed by atoms with Crippen molar-refractivity contribution in [2.45, 2.75) is 38.8 Å². The third kappa shape index (κ3) is 10.9. The van der Waals surface area contributed by atoms with Crippen molar-refractivity contribution in [3.05, 3.63) is 143 Å². The first-order chi connectivity index (χ1) is 20.8. The fourth-order valence-corrected chi connectivity index (χ4v) is 6.93. The number of benzene rings is 4. The fourth-order valence-electron chi connectivity index (χ4n) is 4.48.